The molecule has 0 bridgehead atoms. The van der Waals surface area contributed by atoms with Gasteiger partial charge >= 0.3 is 0 Å². The molecule has 2 rings (SSSR count). The maximum atomic E-state index is 13.0. The van der Waals surface area contributed by atoms with Gasteiger partial charge in [0.1, 0.15) is 17.4 Å². The summed E-state index contributed by atoms with van der Waals surface area (Å²) in [6, 6.07) is 3.27. The van der Waals surface area contributed by atoms with Crippen LogP contribution in [-0.4, -0.2) is 18.9 Å². The predicted octanol–water partition coefficient (Wildman–Crippen LogP) is 2.08. The van der Waals surface area contributed by atoms with Gasteiger partial charge in [0, 0.05) is 18.4 Å². The van der Waals surface area contributed by atoms with Crippen LogP contribution in [-0.2, 0) is 11.2 Å². The fraction of sp³-hybridized carbons (Fsp3) is 0.462. The highest BCUT2D eigenvalue weighted by molar-refractivity contribution is 5.83. The summed E-state index contributed by atoms with van der Waals surface area (Å²) >= 11 is 0. The van der Waals surface area contributed by atoms with Gasteiger partial charge in [-0.25, -0.2) is 8.78 Å². The molecule has 1 aliphatic rings. The largest absolute Gasteiger partial charge is 0.317 e. The minimum absolute atomic E-state index is 0.0302. The van der Waals surface area contributed by atoms with E-state index in [1.165, 1.54) is 12.1 Å². The second-order valence-electron chi connectivity index (χ2n) is 4.45. The maximum Gasteiger partial charge on any atom is 0.140 e. The van der Waals surface area contributed by atoms with Gasteiger partial charge in [0.05, 0.1) is 0 Å². The van der Waals surface area contributed by atoms with E-state index in [1.807, 2.05) is 0 Å². The normalized spacial score (nSPS) is 17.1. The second-order valence-corrected chi connectivity index (χ2v) is 4.45. The number of nitrogens with one attached hydrogen (secondary N) is 1. The van der Waals surface area contributed by atoms with Gasteiger partial charge in [-0.3, -0.25) is 4.79 Å². The third kappa shape index (κ3) is 3.33. The highest BCUT2D eigenvalue weighted by Gasteiger charge is 2.21. The Kier molecular flexibility index (Phi) is 3.84. The summed E-state index contributed by atoms with van der Waals surface area (Å²) in [5.41, 5.74) is 0.422. The fourth-order valence-electron chi connectivity index (χ4n) is 2.20. The van der Waals surface area contributed by atoms with Crippen molar-refractivity contribution in [3.63, 3.8) is 0 Å². The van der Waals surface area contributed by atoms with Gasteiger partial charge in [0.2, 0.25) is 0 Å². The lowest BCUT2D eigenvalue weighted by Crippen LogP contribution is -2.32. The van der Waals surface area contributed by atoms with E-state index in [-0.39, 0.29) is 18.1 Å². The van der Waals surface area contributed by atoms with E-state index in [2.05, 4.69) is 5.32 Å². The molecule has 1 heterocycles. The number of carbonyl (C=O) groups is 1. The number of piperidine rings is 1. The topological polar surface area (TPSA) is 29.1 Å². The zero-order valence-electron chi connectivity index (χ0n) is 9.51. The van der Waals surface area contributed by atoms with Crippen LogP contribution in [0.4, 0.5) is 8.78 Å². The van der Waals surface area contributed by atoms with Crippen molar-refractivity contribution in [2.45, 2.75) is 19.3 Å². The predicted molar refractivity (Wildman–Crippen MR) is 60.7 cm³/mol. The van der Waals surface area contributed by atoms with Crippen molar-refractivity contribution in [1.82, 2.24) is 5.32 Å². The van der Waals surface area contributed by atoms with E-state index in [1.54, 1.807) is 0 Å². The number of benzene rings is 1. The number of halogens is 2. The fourth-order valence-corrected chi connectivity index (χ4v) is 2.20. The van der Waals surface area contributed by atoms with Crippen LogP contribution in [0.3, 0.4) is 0 Å². The Morgan fingerprint density at radius 3 is 2.35 bits per heavy atom. The molecule has 0 saturated carbocycles. The van der Waals surface area contributed by atoms with Crippen molar-refractivity contribution < 1.29 is 13.6 Å². The van der Waals surface area contributed by atoms with Gasteiger partial charge in [0.15, 0.2) is 0 Å². The molecule has 1 fully saturated rings. The minimum Gasteiger partial charge on any atom is -0.317 e. The summed E-state index contributed by atoms with van der Waals surface area (Å²) in [7, 11) is 0. The van der Waals surface area contributed by atoms with E-state index < -0.39 is 11.6 Å². The summed E-state index contributed by atoms with van der Waals surface area (Å²) in [5.74, 6) is -1.14. The quantitative estimate of drug-likeness (QED) is 0.875. The monoisotopic (exact) mass is 239 g/mol. The smallest absolute Gasteiger partial charge is 0.140 e. The molecule has 1 aliphatic heterocycles. The first-order valence-electron chi connectivity index (χ1n) is 5.83. The number of ketones is 1. The molecule has 0 spiro atoms. The number of Topliss-reactive ketones (excluding diaryl/α,β-unsaturated/α-hetero) is 1. The van der Waals surface area contributed by atoms with Crippen molar-refractivity contribution in [3.05, 3.63) is 35.4 Å². The Labute approximate surface area is 99.0 Å². The van der Waals surface area contributed by atoms with Crippen LogP contribution >= 0.6 is 0 Å². The van der Waals surface area contributed by atoms with E-state index in [4.69, 9.17) is 0 Å². The molecule has 4 heteroatoms. The lowest BCUT2D eigenvalue weighted by molar-refractivity contribution is -0.122. The molecule has 1 N–H and O–H groups in total. The first-order valence-corrected chi connectivity index (χ1v) is 5.83. The zero-order chi connectivity index (χ0) is 12.3. The Bertz CT molecular complexity index is 394. The molecular formula is C13H15F2NO. The van der Waals surface area contributed by atoms with Crippen LogP contribution in [0.5, 0.6) is 0 Å². The van der Waals surface area contributed by atoms with Crippen molar-refractivity contribution in [1.29, 1.82) is 0 Å². The van der Waals surface area contributed by atoms with Gasteiger partial charge in [-0.15, -0.1) is 0 Å². The maximum absolute atomic E-state index is 13.0. The standard InChI is InChI=1S/C13H15F2NO/c14-11-5-9(6-12(15)8-11)7-13(17)10-1-3-16-4-2-10/h5-6,8,10,16H,1-4,7H2. The highest BCUT2D eigenvalue weighted by atomic mass is 19.1. The molecule has 1 aromatic rings. The van der Waals surface area contributed by atoms with E-state index >= 15 is 0 Å². The Morgan fingerprint density at radius 2 is 1.76 bits per heavy atom. The van der Waals surface area contributed by atoms with Crippen LogP contribution in [0.15, 0.2) is 18.2 Å². The molecule has 2 nitrogen and oxygen atoms in total. The van der Waals surface area contributed by atoms with Gasteiger partial charge < -0.3 is 5.32 Å². The average molecular weight is 239 g/mol. The van der Waals surface area contributed by atoms with Crippen LogP contribution in [0.25, 0.3) is 0 Å². The number of carbonyl (C=O) groups excluding carboxylic acids is 1. The van der Waals surface area contributed by atoms with Crippen molar-refractivity contribution in [3.8, 4) is 0 Å². The molecule has 0 atom stereocenters. The first kappa shape index (κ1) is 12.2. The molecule has 92 valence electrons. The number of hydrogen-bond acceptors (Lipinski definition) is 2. The Balaban J connectivity index is 2.01. The van der Waals surface area contributed by atoms with Crippen LogP contribution in [0.2, 0.25) is 0 Å². The van der Waals surface area contributed by atoms with Gasteiger partial charge in [0.25, 0.3) is 0 Å². The van der Waals surface area contributed by atoms with Crippen LogP contribution < -0.4 is 5.32 Å². The van der Waals surface area contributed by atoms with Crippen molar-refractivity contribution in [2.24, 2.45) is 5.92 Å². The van der Waals surface area contributed by atoms with E-state index in [0.717, 1.165) is 32.0 Å². The lowest BCUT2D eigenvalue weighted by atomic mass is 9.90. The van der Waals surface area contributed by atoms with Gasteiger partial charge in [-0.2, -0.15) is 0 Å². The SMILES string of the molecule is O=C(Cc1cc(F)cc(F)c1)C1CCNCC1. The number of rotatable bonds is 3. The molecule has 0 unspecified atom stereocenters. The summed E-state index contributed by atoms with van der Waals surface area (Å²) in [4.78, 5) is 11.9. The molecule has 0 radical (unpaired) electrons. The van der Waals surface area contributed by atoms with Gasteiger partial charge in [-0.05, 0) is 43.6 Å². The number of hydrogen-bond donors (Lipinski definition) is 1. The highest BCUT2D eigenvalue weighted by Crippen LogP contribution is 2.17. The Hall–Kier alpha value is -1.29. The molecule has 1 aromatic carbocycles. The van der Waals surface area contributed by atoms with Crippen LogP contribution in [0, 0.1) is 17.6 Å². The summed E-state index contributed by atoms with van der Waals surface area (Å²) < 4.78 is 25.9. The zero-order valence-corrected chi connectivity index (χ0v) is 9.51. The Morgan fingerprint density at radius 1 is 1.18 bits per heavy atom. The summed E-state index contributed by atoms with van der Waals surface area (Å²) in [5, 5.41) is 3.18. The third-order valence-corrected chi connectivity index (χ3v) is 3.10. The van der Waals surface area contributed by atoms with E-state index in [0.29, 0.717) is 5.56 Å². The molecule has 0 aliphatic carbocycles. The molecule has 0 aromatic heterocycles. The third-order valence-electron chi connectivity index (χ3n) is 3.10. The first-order chi connectivity index (χ1) is 8.15. The van der Waals surface area contributed by atoms with Gasteiger partial charge in [-0.1, -0.05) is 0 Å². The second kappa shape index (κ2) is 5.36. The van der Waals surface area contributed by atoms with Crippen molar-refractivity contribution in [2.75, 3.05) is 13.1 Å². The molecule has 17 heavy (non-hydrogen) atoms. The van der Waals surface area contributed by atoms with Crippen molar-refractivity contribution >= 4 is 5.78 Å². The lowest BCUT2D eigenvalue weighted by Gasteiger charge is -2.21. The summed E-state index contributed by atoms with van der Waals surface area (Å²) in [6.45, 7) is 1.68. The molecule has 0 amide bonds. The molecule has 1 saturated heterocycles. The average Bonchev–Trinajstić information content (AvgIpc) is 2.28. The molecular weight excluding hydrogens is 224 g/mol. The summed E-state index contributed by atoms with van der Waals surface area (Å²) in [6.07, 6.45) is 1.76. The minimum atomic E-state index is -0.627. The van der Waals surface area contributed by atoms with Crippen LogP contribution in [0.1, 0.15) is 18.4 Å². The van der Waals surface area contributed by atoms with E-state index in [9.17, 15) is 13.6 Å².